The van der Waals surface area contributed by atoms with E-state index in [4.69, 9.17) is 22.6 Å². The second kappa shape index (κ2) is 5.77. The molecule has 0 N–H and O–H groups in total. The van der Waals surface area contributed by atoms with Crippen molar-refractivity contribution in [3.63, 3.8) is 0 Å². The van der Waals surface area contributed by atoms with Crippen LogP contribution in [0, 0.1) is 0 Å². The number of furan rings is 2. The summed E-state index contributed by atoms with van der Waals surface area (Å²) in [6.45, 7) is 8.25. The summed E-state index contributed by atoms with van der Waals surface area (Å²) in [5, 5.41) is 6.03. The molecule has 3 aromatic heterocycles. The third-order valence-corrected chi connectivity index (χ3v) is 7.90. The summed E-state index contributed by atoms with van der Waals surface area (Å²) >= 11 is 0. The first-order valence-electron chi connectivity index (χ1n) is 11.6. The van der Waals surface area contributed by atoms with Crippen LogP contribution in [0.5, 0.6) is 0 Å². The van der Waals surface area contributed by atoms with Crippen molar-refractivity contribution in [3.8, 4) is 0 Å². The molecule has 0 aliphatic carbocycles. The molecule has 4 heterocycles. The summed E-state index contributed by atoms with van der Waals surface area (Å²) in [6, 6.07) is 18.3. The Hall–Kier alpha value is -3.48. The number of benzene rings is 4. The van der Waals surface area contributed by atoms with Crippen molar-refractivity contribution in [1.82, 2.24) is 0 Å². The maximum Gasteiger partial charge on any atom is 0.498 e. The summed E-state index contributed by atoms with van der Waals surface area (Å²) in [6.07, 6.45) is 0. The molecule has 4 aromatic carbocycles. The Morgan fingerprint density at radius 3 is 1.91 bits per heavy atom. The SMILES string of the molecule is CC1(C)OB(c2ccc3oc4ccc5oc6cc7ccccc7c7oc2c3c4c5c67)OC1(C)C. The van der Waals surface area contributed by atoms with Crippen LogP contribution in [0.15, 0.2) is 67.8 Å². The maximum atomic E-state index is 6.89. The molecule has 7 aromatic rings. The highest BCUT2D eigenvalue weighted by Gasteiger charge is 2.52. The van der Waals surface area contributed by atoms with E-state index in [-0.39, 0.29) is 0 Å². The summed E-state index contributed by atoms with van der Waals surface area (Å²) in [4.78, 5) is 0. The van der Waals surface area contributed by atoms with Gasteiger partial charge in [0.05, 0.1) is 22.0 Å². The van der Waals surface area contributed by atoms with E-state index in [0.717, 1.165) is 71.3 Å². The summed E-state index contributed by atoms with van der Waals surface area (Å²) in [5.41, 5.74) is 4.64. The van der Waals surface area contributed by atoms with Crippen LogP contribution >= 0.6 is 0 Å². The average Bonchev–Trinajstić information content (AvgIpc) is 3.37. The van der Waals surface area contributed by atoms with Crippen LogP contribution in [-0.4, -0.2) is 18.3 Å². The van der Waals surface area contributed by atoms with E-state index in [0.29, 0.717) is 0 Å². The molecule has 1 saturated heterocycles. The molecule has 0 spiro atoms. The van der Waals surface area contributed by atoms with Gasteiger partial charge in [0.15, 0.2) is 0 Å². The molecule has 0 saturated carbocycles. The van der Waals surface area contributed by atoms with Crippen LogP contribution in [0.25, 0.3) is 65.8 Å². The van der Waals surface area contributed by atoms with E-state index >= 15 is 0 Å². The van der Waals surface area contributed by atoms with E-state index in [2.05, 4.69) is 45.9 Å². The number of hydrogen-bond acceptors (Lipinski definition) is 5. The number of fused-ring (bicyclic) bond motifs is 2. The molecule has 6 heteroatoms. The Morgan fingerprint density at radius 2 is 1.18 bits per heavy atom. The van der Waals surface area contributed by atoms with E-state index in [1.807, 2.05) is 36.4 Å². The van der Waals surface area contributed by atoms with Gasteiger partial charge < -0.3 is 22.6 Å². The van der Waals surface area contributed by atoms with Crippen LogP contribution in [0.2, 0.25) is 0 Å². The number of rotatable bonds is 1. The molecule has 8 rings (SSSR count). The zero-order valence-corrected chi connectivity index (χ0v) is 19.3. The quantitative estimate of drug-likeness (QED) is 0.250. The zero-order valence-electron chi connectivity index (χ0n) is 19.3. The lowest BCUT2D eigenvalue weighted by atomic mass is 9.78. The number of hydrogen-bond donors (Lipinski definition) is 0. The van der Waals surface area contributed by atoms with Gasteiger partial charge in [-0.2, -0.15) is 0 Å². The van der Waals surface area contributed by atoms with Gasteiger partial charge in [0.1, 0.15) is 33.5 Å². The van der Waals surface area contributed by atoms with Crippen molar-refractivity contribution in [3.05, 3.63) is 54.6 Å². The molecule has 0 amide bonds. The fraction of sp³-hybridized carbons (Fsp3) is 0.214. The Labute approximate surface area is 194 Å². The smallest absolute Gasteiger partial charge is 0.456 e. The van der Waals surface area contributed by atoms with Gasteiger partial charge in [0.25, 0.3) is 0 Å². The highest BCUT2D eigenvalue weighted by atomic mass is 16.7. The second-order valence-electron chi connectivity index (χ2n) is 10.4. The monoisotopic (exact) mass is 448 g/mol. The summed E-state index contributed by atoms with van der Waals surface area (Å²) in [7, 11) is -0.559. The topological polar surface area (TPSA) is 57.9 Å². The largest absolute Gasteiger partial charge is 0.498 e. The van der Waals surface area contributed by atoms with E-state index < -0.39 is 18.3 Å². The van der Waals surface area contributed by atoms with Crippen LogP contribution in [0.1, 0.15) is 27.7 Å². The van der Waals surface area contributed by atoms with Crippen molar-refractivity contribution in [1.29, 1.82) is 0 Å². The molecule has 166 valence electrons. The Morgan fingerprint density at radius 1 is 0.588 bits per heavy atom. The van der Waals surface area contributed by atoms with Crippen molar-refractivity contribution in [2.75, 3.05) is 0 Å². The van der Waals surface area contributed by atoms with Gasteiger partial charge in [-0.05, 0) is 57.3 Å². The predicted molar refractivity (Wildman–Crippen MR) is 135 cm³/mol. The summed E-state index contributed by atoms with van der Waals surface area (Å²) < 4.78 is 32.4. The van der Waals surface area contributed by atoms with Gasteiger partial charge in [-0.1, -0.05) is 30.3 Å². The lowest BCUT2D eigenvalue weighted by molar-refractivity contribution is 0.00578. The highest BCUT2D eigenvalue weighted by molar-refractivity contribution is 6.65. The first-order chi connectivity index (χ1) is 16.3. The van der Waals surface area contributed by atoms with Crippen LogP contribution in [0.4, 0.5) is 0 Å². The van der Waals surface area contributed by atoms with Crippen LogP contribution in [-0.2, 0) is 9.31 Å². The van der Waals surface area contributed by atoms with E-state index in [1.165, 1.54) is 0 Å². The van der Waals surface area contributed by atoms with Gasteiger partial charge >= 0.3 is 7.12 Å². The molecule has 0 bridgehead atoms. The third-order valence-electron chi connectivity index (χ3n) is 7.90. The van der Waals surface area contributed by atoms with Gasteiger partial charge in [-0.3, -0.25) is 0 Å². The molecule has 1 fully saturated rings. The Bertz CT molecular complexity index is 1920. The van der Waals surface area contributed by atoms with Crippen molar-refractivity contribution >= 4 is 78.4 Å². The first-order valence-corrected chi connectivity index (χ1v) is 11.6. The lowest BCUT2D eigenvalue weighted by Crippen LogP contribution is -2.41. The maximum absolute atomic E-state index is 6.89. The molecular weight excluding hydrogens is 427 g/mol. The normalized spacial score (nSPS) is 18.2. The third kappa shape index (κ3) is 2.14. The van der Waals surface area contributed by atoms with Gasteiger partial charge in [0.2, 0.25) is 0 Å². The Balaban J connectivity index is 1.62. The molecule has 1 aliphatic heterocycles. The fourth-order valence-corrected chi connectivity index (χ4v) is 5.45. The van der Waals surface area contributed by atoms with E-state index in [9.17, 15) is 0 Å². The Kier molecular flexibility index (Phi) is 3.21. The van der Waals surface area contributed by atoms with E-state index in [1.54, 1.807) is 0 Å². The van der Waals surface area contributed by atoms with Crippen molar-refractivity contribution < 1.29 is 22.6 Å². The predicted octanol–water partition coefficient (Wildman–Crippen LogP) is 7.12. The van der Waals surface area contributed by atoms with Crippen molar-refractivity contribution in [2.45, 2.75) is 38.9 Å². The molecule has 34 heavy (non-hydrogen) atoms. The van der Waals surface area contributed by atoms with Gasteiger partial charge in [-0.25, -0.2) is 0 Å². The zero-order chi connectivity index (χ0) is 23.0. The summed E-state index contributed by atoms with van der Waals surface area (Å²) in [5.74, 6) is 0. The minimum atomic E-state index is -0.559. The highest BCUT2D eigenvalue weighted by Crippen LogP contribution is 2.46. The minimum Gasteiger partial charge on any atom is -0.456 e. The standard InChI is InChI=1S/C28H21BO5/c1-27(2)28(3,4)34-29(33-27)16-9-10-19-23-21-17(30-19)11-12-18-22(21)24-20(31-18)13-14-7-5-6-8-15(14)25(24)32-26(16)23/h5-13H,1-4H3. The molecule has 1 aliphatic rings. The van der Waals surface area contributed by atoms with Crippen molar-refractivity contribution in [2.24, 2.45) is 0 Å². The van der Waals surface area contributed by atoms with Gasteiger partial charge in [-0.15, -0.1) is 0 Å². The molecule has 0 radical (unpaired) electrons. The second-order valence-corrected chi connectivity index (χ2v) is 10.4. The van der Waals surface area contributed by atoms with Gasteiger partial charge in [0, 0.05) is 21.6 Å². The minimum absolute atomic E-state index is 0.460. The molecule has 0 unspecified atom stereocenters. The fourth-order valence-electron chi connectivity index (χ4n) is 5.45. The lowest BCUT2D eigenvalue weighted by Gasteiger charge is -2.32. The molecular formula is C28H21BO5. The molecule has 0 atom stereocenters. The average molecular weight is 448 g/mol. The van der Waals surface area contributed by atoms with Crippen LogP contribution in [0.3, 0.4) is 0 Å². The van der Waals surface area contributed by atoms with Crippen LogP contribution < -0.4 is 5.46 Å². The first kappa shape index (κ1) is 18.9. The molecule has 5 nitrogen and oxygen atoms in total.